The second-order valence-electron chi connectivity index (χ2n) is 8.03. The van der Waals surface area contributed by atoms with Crippen LogP contribution in [0.3, 0.4) is 0 Å². The molecule has 2 heterocycles. The average molecular weight is 428 g/mol. The van der Waals surface area contributed by atoms with E-state index in [0.29, 0.717) is 35.9 Å². The van der Waals surface area contributed by atoms with E-state index in [-0.39, 0.29) is 29.2 Å². The fraction of sp³-hybridized carbons (Fsp3) is 0.429. The lowest BCUT2D eigenvalue weighted by molar-refractivity contribution is 0.0965. The van der Waals surface area contributed by atoms with Crippen molar-refractivity contribution in [3.8, 4) is 17.4 Å². The van der Waals surface area contributed by atoms with Gasteiger partial charge in [0.05, 0.1) is 14.2 Å². The number of carbonyl (C=O) groups is 1. The summed E-state index contributed by atoms with van der Waals surface area (Å²) in [4.78, 5) is 13.1. The summed E-state index contributed by atoms with van der Waals surface area (Å²) in [6.45, 7) is 6.78. The number of hydrogen-bond donors (Lipinski definition) is 2. The van der Waals surface area contributed by atoms with Crippen LogP contribution in [0.2, 0.25) is 0 Å². The summed E-state index contributed by atoms with van der Waals surface area (Å²) >= 11 is 0. The van der Waals surface area contributed by atoms with Crippen molar-refractivity contribution in [2.75, 3.05) is 27.4 Å². The highest BCUT2D eigenvalue weighted by atomic mass is 16.5. The van der Waals surface area contributed by atoms with Crippen molar-refractivity contribution in [2.45, 2.75) is 32.7 Å². The van der Waals surface area contributed by atoms with E-state index in [4.69, 9.17) is 25.4 Å². The second-order valence-corrected chi connectivity index (χ2v) is 8.03. The van der Waals surface area contributed by atoms with Gasteiger partial charge in [-0.25, -0.2) is 4.68 Å². The zero-order chi connectivity index (χ0) is 22.8. The van der Waals surface area contributed by atoms with Crippen LogP contribution in [0.15, 0.2) is 24.3 Å². The summed E-state index contributed by atoms with van der Waals surface area (Å²) in [5.41, 5.74) is 7.04. The predicted octanol–water partition coefficient (Wildman–Crippen LogP) is 1.55. The molecule has 10 nitrogen and oxygen atoms in total. The van der Waals surface area contributed by atoms with Crippen LogP contribution < -0.4 is 25.6 Å². The van der Waals surface area contributed by atoms with Gasteiger partial charge in [-0.15, -0.1) is 10.2 Å². The van der Waals surface area contributed by atoms with Crippen LogP contribution in [0.1, 0.15) is 36.7 Å². The number of nitrogens with one attached hydrogen (secondary N) is 1. The van der Waals surface area contributed by atoms with Crippen LogP contribution in [0.4, 0.5) is 0 Å². The Hall–Kier alpha value is -3.40. The number of ether oxygens (including phenoxy) is 3. The molecule has 2 aromatic heterocycles. The van der Waals surface area contributed by atoms with Crippen LogP contribution >= 0.6 is 0 Å². The molecule has 3 rings (SSSR count). The van der Waals surface area contributed by atoms with Crippen molar-refractivity contribution in [1.29, 1.82) is 5.41 Å². The van der Waals surface area contributed by atoms with Gasteiger partial charge in [-0.3, -0.25) is 10.2 Å². The van der Waals surface area contributed by atoms with E-state index >= 15 is 0 Å². The molecule has 0 amide bonds. The Bertz CT molecular complexity index is 1160. The minimum Gasteiger partial charge on any atom is -0.493 e. The molecular weight excluding hydrogens is 400 g/mol. The molecule has 0 aliphatic carbocycles. The Morgan fingerprint density at radius 1 is 1.13 bits per heavy atom. The Kier molecular flexibility index (Phi) is 6.30. The number of ketones is 1. The summed E-state index contributed by atoms with van der Waals surface area (Å²) in [5.74, 6) is 1.03. The van der Waals surface area contributed by atoms with Crippen LogP contribution in [-0.2, 0) is 12.0 Å². The van der Waals surface area contributed by atoms with Gasteiger partial charge in [0.25, 0.3) is 0 Å². The number of methoxy groups -OCH3 is 2. The molecule has 166 valence electrons. The third-order valence-electron chi connectivity index (χ3n) is 4.74. The first kappa shape index (κ1) is 22.3. The van der Waals surface area contributed by atoms with Gasteiger partial charge >= 0.3 is 0 Å². The van der Waals surface area contributed by atoms with Crippen LogP contribution in [0, 0.1) is 5.41 Å². The molecule has 10 heteroatoms. The monoisotopic (exact) mass is 428 g/mol. The fourth-order valence-corrected chi connectivity index (χ4v) is 3.01. The number of nitrogens with zero attached hydrogens (tertiary/aromatic N) is 4. The highest BCUT2D eigenvalue weighted by Crippen LogP contribution is 2.28. The third kappa shape index (κ3) is 4.69. The molecule has 0 spiro atoms. The van der Waals surface area contributed by atoms with Crippen molar-refractivity contribution in [3.63, 3.8) is 0 Å². The van der Waals surface area contributed by atoms with Gasteiger partial charge in [0, 0.05) is 18.2 Å². The lowest BCUT2D eigenvalue weighted by atomic mass is 9.85. The molecule has 0 saturated heterocycles. The summed E-state index contributed by atoms with van der Waals surface area (Å²) in [7, 11) is 2.96. The molecule has 1 aromatic carbocycles. The van der Waals surface area contributed by atoms with Gasteiger partial charge in [0.2, 0.25) is 17.1 Å². The van der Waals surface area contributed by atoms with Gasteiger partial charge in [-0.1, -0.05) is 20.8 Å². The average Bonchev–Trinajstić information content (AvgIpc) is 3.06. The van der Waals surface area contributed by atoms with E-state index in [0.717, 1.165) is 5.56 Å². The smallest absolute Gasteiger partial charge is 0.242 e. The molecule has 0 radical (unpaired) electrons. The van der Waals surface area contributed by atoms with Gasteiger partial charge in [0.1, 0.15) is 18.9 Å². The SMILES string of the molecule is COc1cc(OC)c2nn(CC(=O)c3cc(OCCN)cc(C(C)(C)C)c3)c(=N)n2n1. The van der Waals surface area contributed by atoms with Crippen molar-refractivity contribution >= 4 is 11.4 Å². The summed E-state index contributed by atoms with van der Waals surface area (Å²) < 4.78 is 18.7. The Morgan fingerprint density at radius 3 is 2.48 bits per heavy atom. The molecule has 31 heavy (non-hydrogen) atoms. The fourth-order valence-electron chi connectivity index (χ4n) is 3.01. The first-order valence-corrected chi connectivity index (χ1v) is 9.83. The second kappa shape index (κ2) is 8.76. The lowest BCUT2D eigenvalue weighted by Gasteiger charge is -2.21. The van der Waals surface area contributed by atoms with Crippen LogP contribution in [0.5, 0.6) is 17.4 Å². The number of nitrogens with two attached hydrogens (primary N) is 1. The quantitative estimate of drug-likeness (QED) is 0.521. The van der Waals surface area contributed by atoms with E-state index in [1.54, 1.807) is 12.1 Å². The highest BCUT2D eigenvalue weighted by molar-refractivity contribution is 5.96. The minimum absolute atomic E-state index is 0.0767. The number of aromatic nitrogens is 4. The maximum atomic E-state index is 13.1. The number of fused-ring (bicyclic) bond motifs is 1. The molecular formula is C21H28N6O4. The van der Waals surface area contributed by atoms with Crippen molar-refractivity contribution in [1.82, 2.24) is 19.4 Å². The highest BCUT2D eigenvalue weighted by Gasteiger charge is 2.20. The van der Waals surface area contributed by atoms with E-state index < -0.39 is 0 Å². The predicted molar refractivity (Wildman–Crippen MR) is 114 cm³/mol. The normalized spacial score (nSPS) is 11.5. The van der Waals surface area contributed by atoms with E-state index in [2.05, 4.69) is 31.0 Å². The van der Waals surface area contributed by atoms with Crippen molar-refractivity contribution in [2.24, 2.45) is 5.73 Å². The van der Waals surface area contributed by atoms with Gasteiger partial charge < -0.3 is 19.9 Å². The van der Waals surface area contributed by atoms with Crippen molar-refractivity contribution < 1.29 is 19.0 Å². The maximum Gasteiger partial charge on any atom is 0.242 e. The van der Waals surface area contributed by atoms with E-state index in [1.807, 2.05) is 12.1 Å². The number of benzene rings is 1. The van der Waals surface area contributed by atoms with Gasteiger partial charge in [-0.2, -0.15) is 4.52 Å². The Labute approximate surface area is 180 Å². The lowest BCUT2D eigenvalue weighted by Crippen LogP contribution is -2.26. The van der Waals surface area contributed by atoms with Crippen molar-refractivity contribution in [3.05, 3.63) is 41.0 Å². The number of rotatable bonds is 8. The zero-order valence-corrected chi connectivity index (χ0v) is 18.4. The summed E-state index contributed by atoms with van der Waals surface area (Å²) in [6.07, 6.45) is 0. The molecule has 0 unspecified atom stereocenters. The Morgan fingerprint density at radius 2 is 1.87 bits per heavy atom. The standard InChI is InChI=1S/C21H28N6O4/c1-21(2,3)14-8-13(9-15(10-14)31-7-6-22)16(28)12-26-20(23)27-19(25-26)17(29-4)11-18(24-27)30-5/h8-11,23H,6-7,12,22H2,1-5H3. The number of Topliss-reactive ketones (excluding diaryl/α,β-unsaturated/α-hetero) is 1. The third-order valence-corrected chi connectivity index (χ3v) is 4.74. The molecule has 0 fully saturated rings. The first-order valence-electron chi connectivity index (χ1n) is 9.83. The summed E-state index contributed by atoms with van der Waals surface area (Å²) in [6, 6.07) is 7.03. The topological polar surface area (TPSA) is 130 Å². The minimum atomic E-state index is -0.212. The first-order chi connectivity index (χ1) is 14.7. The van der Waals surface area contributed by atoms with E-state index in [9.17, 15) is 4.79 Å². The molecule has 0 aliphatic rings. The summed E-state index contributed by atoms with van der Waals surface area (Å²) in [5, 5.41) is 16.9. The molecule has 0 saturated carbocycles. The molecule has 3 aromatic rings. The maximum absolute atomic E-state index is 13.1. The van der Waals surface area contributed by atoms with Gasteiger partial charge in [-0.05, 0) is 29.2 Å². The number of carbonyl (C=O) groups excluding carboxylic acids is 1. The largest absolute Gasteiger partial charge is 0.493 e. The van der Waals surface area contributed by atoms with Gasteiger partial charge in [0.15, 0.2) is 11.5 Å². The zero-order valence-electron chi connectivity index (χ0n) is 18.4. The molecule has 0 aliphatic heterocycles. The molecule has 3 N–H and O–H groups in total. The molecule has 0 bridgehead atoms. The molecule has 0 atom stereocenters. The van der Waals surface area contributed by atoms with Crippen LogP contribution in [0.25, 0.3) is 5.65 Å². The Balaban J connectivity index is 2.00. The van der Waals surface area contributed by atoms with Crippen LogP contribution in [-0.4, -0.2) is 52.5 Å². The van der Waals surface area contributed by atoms with E-state index in [1.165, 1.54) is 23.4 Å². The number of hydrogen-bond acceptors (Lipinski definition) is 8.